The molecule has 0 saturated heterocycles. The Balaban J connectivity index is 2.40. The van der Waals surface area contributed by atoms with Crippen molar-refractivity contribution in [2.45, 2.75) is 35.7 Å². The molecule has 7 nitrogen and oxygen atoms in total. The van der Waals surface area contributed by atoms with Crippen LogP contribution in [0.1, 0.15) is 41.5 Å². The number of thioether (sulfide) groups is 2. The van der Waals surface area contributed by atoms with Crippen molar-refractivity contribution in [1.82, 2.24) is 0 Å². The number of aromatic carboxylic acids is 2. The van der Waals surface area contributed by atoms with E-state index in [1.54, 1.807) is 38.1 Å². The third kappa shape index (κ3) is 6.60. The number of ketones is 1. The third-order valence-corrected chi connectivity index (χ3v) is 6.69. The lowest BCUT2D eigenvalue weighted by atomic mass is 10.0. The maximum atomic E-state index is 13.3. The lowest BCUT2D eigenvalue weighted by molar-refractivity contribution is -0.125. The van der Waals surface area contributed by atoms with Gasteiger partial charge in [0.05, 0.1) is 15.9 Å². The van der Waals surface area contributed by atoms with E-state index in [4.69, 9.17) is 0 Å². The minimum atomic E-state index is -1.33. The first-order valence-electron chi connectivity index (χ1n) is 9.37. The summed E-state index contributed by atoms with van der Waals surface area (Å²) in [5.74, 6) is -2.91. The molecule has 3 N–H and O–H groups in total. The van der Waals surface area contributed by atoms with E-state index in [1.807, 2.05) is 13.0 Å². The highest BCUT2D eigenvalue weighted by Gasteiger charge is 2.38. The van der Waals surface area contributed by atoms with Crippen molar-refractivity contribution in [1.29, 1.82) is 0 Å². The van der Waals surface area contributed by atoms with Gasteiger partial charge in [-0.15, -0.1) is 23.5 Å². The second kappa shape index (κ2) is 10.5. The molecule has 0 aromatic heterocycles. The SMILES string of the molecule is CCSC(C)(C)C(=O)C(Sc1ccccc1)C(=O)Nc1cc(C(=O)O)cc(C(=O)O)c1. The lowest BCUT2D eigenvalue weighted by Crippen LogP contribution is -2.42. The number of hydrogen-bond donors (Lipinski definition) is 3. The minimum absolute atomic E-state index is 0.00490. The van der Waals surface area contributed by atoms with E-state index in [2.05, 4.69) is 5.32 Å². The Hall–Kier alpha value is -2.78. The van der Waals surface area contributed by atoms with Gasteiger partial charge in [0.25, 0.3) is 0 Å². The van der Waals surface area contributed by atoms with Crippen LogP contribution >= 0.6 is 23.5 Å². The molecule has 1 unspecified atom stereocenters. The van der Waals surface area contributed by atoms with Crippen LogP contribution in [0, 0.1) is 0 Å². The summed E-state index contributed by atoms with van der Waals surface area (Å²) in [5, 5.41) is 19.9. The highest BCUT2D eigenvalue weighted by molar-refractivity contribution is 8.03. The average Bonchev–Trinajstić information content (AvgIpc) is 2.71. The summed E-state index contributed by atoms with van der Waals surface area (Å²) in [6.07, 6.45) is 0. The fourth-order valence-corrected chi connectivity index (χ4v) is 4.97. The van der Waals surface area contributed by atoms with Gasteiger partial charge < -0.3 is 15.5 Å². The maximum Gasteiger partial charge on any atom is 0.335 e. The largest absolute Gasteiger partial charge is 0.478 e. The zero-order chi connectivity index (χ0) is 23.2. The van der Waals surface area contributed by atoms with Crippen LogP contribution in [-0.4, -0.2) is 49.6 Å². The average molecular weight is 462 g/mol. The Morgan fingerprint density at radius 3 is 2.00 bits per heavy atom. The monoisotopic (exact) mass is 461 g/mol. The van der Waals surface area contributed by atoms with Crippen molar-refractivity contribution in [3.8, 4) is 0 Å². The van der Waals surface area contributed by atoms with Crippen LogP contribution < -0.4 is 5.32 Å². The van der Waals surface area contributed by atoms with E-state index >= 15 is 0 Å². The van der Waals surface area contributed by atoms with Crippen molar-refractivity contribution in [2.75, 3.05) is 11.1 Å². The minimum Gasteiger partial charge on any atom is -0.478 e. The van der Waals surface area contributed by atoms with Crippen molar-refractivity contribution in [2.24, 2.45) is 0 Å². The van der Waals surface area contributed by atoms with Gasteiger partial charge in [-0.1, -0.05) is 25.1 Å². The van der Waals surface area contributed by atoms with Crippen LogP contribution in [0.15, 0.2) is 53.4 Å². The molecule has 0 aliphatic heterocycles. The second-order valence-electron chi connectivity index (χ2n) is 7.02. The number of hydrogen-bond acceptors (Lipinski definition) is 6. The van der Waals surface area contributed by atoms with Gasteiger partial charge in [-0.3, -0.25) is 9.59 Å². The molecule has 2 aromatic rings. The molecule has 0 bridgehead atoms. The number of nitrogens with one attached hydrogen (secondary N) is 1. The Bertz CT molecular complexity index is 959. The van der Waals surface area contributed by atoms with Gasteiger partial charge in [0.1, 0.15) is 5.25 Å². The summed E-state index contributed by atoms with van der Waals surface area (Å²) in [6, 6.07) is 12.3. The number of anilines is 1. The van der Waals surface area contributed by atoms with Crippen molar-refractivity contribution >= 4 is 52.8 Å². The quantitative estimate of drug-likeness (QED) is 0.354. The number of carbonyl (C=O) groups is 4. The molecule has 1 amide bonds. The number of Topliss-reactive ketones (excluding diaryl/α,β-unsaturated/α-hetero) is 1. The molecule has 0 fully saturated rings. The van der Waals surface area contributed by atoms with Crippen LogP contribution in [-0.2, 0) is 9.59 Å². The molecular weight excluding hydrogens is 438 g/mol. The van der Waals surface area contributed by atoms with Gasteiger partial charge in [0.15, 0.2) is 5.78 Å². The molecule has 31 heavy (non-hydrogen) atoms. The zero-order valence-corrected chi connectivity index (χ0v) is 18.9. The first kappa shape index (κ1) is 24.5. The van der Waals surface area contributed by atoms with Crippen LogP contribution in [0.25, 0.3) is 0 Å². The highest BCUT2D eigenvalue weighted by Crippen LogP contribution is 2.33. The van der Waals surface area contributed by atoms with E-state index in [-0.39, 0.29) is 22.6 Å². The van der Waals surface area contributed by atoms with Crippen LogP contribution in [0.5, 0.6) is 0 Å². The van der Waals surface area contributed by atoms with Gasteiger partial charge in [-0.25, -0.2) is 9.59 Å². The van der Waals surface area contributed by atoms with E-state index in [9.17, 15) is 29.4 Å². The number of carboxylic acid groups (broad SMARTS) is 2. The smallest absolute Gasteiger partial charge is 0.335 e. The highest BCUT2D eigenvalue weighted by atomic mass is 32.2. The van der Waals surface area contributed by atoms with Crippen molar-refractivity contribution in [3.05, 3.63) is 59.7 Å². The number of carboxylic acids is 2. The number of carbonyl (C=O) groups excluding carboxylic acids is 2. The Kier molecular flexibility index (Phi) is 8.29. The Morgan fingerprint density at radius 1 is 0.968 bits per heavy atom. The van der Waals surface area contributed by atoms with Gasteiger partial charge in [-0.2, -0.15) is 0 Å². The predicted molar refractivity (Wildman–Crippen MR) is 122 cm³/mol. The molecule has 0 aliphatic rings. The molecule has 164 valence electrons. The summed E-state index contributed by atoms with van der Waals surface area (Å²) in [6.45, 7) is 5.43. The van der Waals surface area contributed by atoms with Crippen LogP contribution in [0.3, 0.4) is 0 Å². The Labute approximate surface area is 188 Å². The lowest BCUT2D eigenvalue weighted by Gasteiger charge is -2.26. The summed E-state index contributed by atoms with van der Waals surface area (Å²) in [7, 11) is 0. The van der Waals surface area contributed by atoms with Gasteiger partial charge in [0, 0.05) is 10.6 Å². The number of benzene rings is 2. The number of amides is 1. The molecule has 1 atom stereocenters. The number of rotatable bonds is 10. The first-order valence-corrected chi connectivity index (χ1v) is 11.2. The summed E-state index contributed by atoms with van der Waals surface area (Å²) in [4.78, 5) is 49.8. The van der Waals surface area contributed by atoms with E-state index in [1.165, 1.54) is 11.8 Å². The summed E-state index contributed by atoms with van der Waals surface area (Å²) in [5.41, 5.74) is -0.568. The fraction of sp³-hybridized carbons (Fsp3) is 0.273. The van der Waals surface area contributed by atoms with Gasteiger partial charge in [-0.05, 0) is 49.9 Å². The Morgan fingerprint density at radius 2 is 1.52 bits per heavy atom. The molecule has 0 radical (unpaired) electrons. The molecule has 2 rings (SSSR count). The van der Waals surface area contributed by atoms with Crippen LogP contribution in [0.2, 0.25) is 0 Å². The fourth-order valence-electron chi connectivity index (χ4n) is 2.76. The molecule has 0 spiro atoms. The van der Waals surface area contributed by atoms with E-state index in [0.29, 0.717) is 5.75 Å². The maximum absolute atomic E-state index is 13.3. The standard InChI is InChI=1S/C22H23NO6S2/c1-4-30-22(2,3)18(24)17(31-16-8-6-5-7-9-16)19(25)23-15-11-13(20(26)27)10-14(12-15)21(28)29/h5-12,17H,4H2,1-3H3,(H,23,25)(H,26,27)(H,28,29). The first-order chi connectivity index (χ1) is 14.5. The second-order valence-corrected chi connectivity index (χ2v) is 10.1. The molecule has 0 heterocycles. The molecule has 2 aromatic carbocycles. The van der Waals surface area contributed by atoms with E-state index < -0.39 is 27.8 Å². The molecular formula is C22H23NO6S2. The predicted octanol–water partition coefficient (Wildman–Crippen LogP) is 4.28. The molecule has 0 aliphatic carbocycles. The van der Waals surface area contributed by atoms with Gasteiger partial charge >= 0.3 is 11.9 Å². The molecule has 0 saturated carbocycles. The van der Waals surface area contributed by atoms with Crippen molar-refractivity contribution in [3.63, 3.8) is 0 Å². The van der Waals surface area contributed by atoms with Crippen LogP contribution in [0.4, 0.5) is 5.69 Å². The summed E-state index contributed by atoms with van der Waals surface area (Å²) < 4.78 is -0.826. The summed E-state index contributed by atoms with van der Waals surface area (Å²) >= 11 is 2.51. The van der Waals surface area contributed by atoms with Crippen molar-refractivity contribution < 1.29 is 29.4 Å². The normalized spacial score (nSPS) is 12.1. The molecule has 9 heteroatoms. The topological polar surface area (TPSA) is 121 Å². The zero-order valence-electron chi connectivity index (χ0n) is 17.2. The van der Waals surface area contributed by atoms with Gasteiger partial charge in [0.2, 0.25) is 5.91 Å². The van der Waals surface area contributed by atoms with E-state index in [0.717, 1.165) is 34.9 Å². The third-order valence-electron chi connectivity index (χ3n) is 4.27.